The fraction of sp³-hybridized carbons (Fsp3) is 0.722. The number of aryl methyl sites for hydroxylation is 1. The molecule has 0 aromatic carbocycles. The van der Waals surface area contributed by atoms with Crippen LogP contribution in [0.25, 0.3) is 0 Å². The number of rotatable bonds is 3. The van der Waals surface area contributed by atoms with Gasteiger partial charge >= 0.3 is 0 Å². The molecule has 2 fully saturated rings. The van der Waals surface area contributed by atoms with E-state index >= 15 is 0 Å². The Kier molecular flexibility index (Phi) is 5.60. The Morgan fingerprint density at radius 1 is 1.17 bits per heavy atom. The van der Waals surface area contributed by atoms with Gasteiger partial charge in [-0.1, -0.05) is 12.8 Å². The Hall–Kier alpha value is -1.49. The van der Waals surface area contributed by atoms with Crippen molar-refractivity contribution in [3.63, 3.8) is 0 Å². The van der Waals surface area contributed by atoms with Crippen molar-refractivity contribution < 1.29 is 4.79 Å². The van der Waals surface area contributed by atoms with Crippen LogP contribution in [-0.4, -0.2) is 51.9 Å². The molecule has 1 atom stereocenters. The number of piperidine rings is 1. The minimum Gasteiger partial charge on any atom is -0.342 e. The Morgan fingerprint density at radius 2 is 1.96 bits per heavy atom. The van der Waals surface area contributed by atoms with Crippen molar-refractivity contribution in [3.8, 4) is 0 Å². The van der Waals surface area contributed by atoms with Crippen LogP contribution in [0.15, 0.2) is 12.3 Å². The van der Waals surface area contributed by atoms with Gasteiger partial charge in [-0.2, -0.15) is 0 Å². The van der Waals surface area contributed by atoms with Crippen molar-refractivity contribution >= 4 is 5.91 Å². The third kappa shape index (κ3) is 4.50. The van der Waals surface area contributed by atoms with Crippen LogP contribution in [0.5, 0.6) is 0 Å². The summed E-state index contributed by atoms with van der Waals surface area (Å²) in [6, 6.07) is 1.98. The Bertz CT molecular complexity index is 526. The van der Waals surface area contributed by atoms with E-state index in [1.807, 2.05) is 19.2 Å². The minimum absolute atomic E-state index is 0.171. The molecule has 0 spiro atoms. The molecule has 0 aliphatic carbocycles. The van der Waals surface area contributed by atoms with E-state index in [0.29, 0.717) is 5.91 Å². The highest BCUT2D eigenvalue weighted by Crippen LogP contribution is 2.22. The lowest BCUT2D eigenvalue weighted by atomic mass is 9.96. The van der Waals surface area contributed by atoms with Gasteiger partial charge in [0.05, 0.1) is 11.6 Å². The van der Waals surface area contributed by atoms with Crippen molar-refractivity contribution in [3.05, 3.63) is 23.8 Å². The first-order chi connectivity index (χ1) is 11.2. The van der Waals surface area contributed by atoms with Crippen LogP contribution < -0.4 is 0 Å². The van der Waals surface area contributed by atoms with E-state index in [1.54, 1.807) is 0 Å². The summed E-state index contributed by atoms with van der Waals surface area (Å²) in [4.78, 5) is 26.0. The number of carbonyl (C=O) groups excluding carboxylic acids is 1. The van der Waals surface area contributed by atoms with Gasteiger partial charge in [-0.15, -0.1) is 0 Å². The van der Waals surface area contributed by atoms with Crippen LogP contribution in [0.2, 0.25) is 0 Å². The van der Waals surface area contributed by atoms with Crippen LogP contribution in [0.1, 0.15) is 50.0 Å². The molecule has 0 N–H and O–H groups in total. The number of carbonyl (C=O) groups is 1. The maximum Gasteiger partial charge on any atom is 0.226 e. The summed E-state index contributed by atoms with van der Waals surface area (Å²) >= 11 is 0. The van der Waals surface area contributed by atoms with Crippen molar-refractivity contribution in [2.75, 3.05) is 26.2 Å². The second-order valence-corrected chi connectivity index (χ2v) is 6.91. The van der Waals surface area contributed by atoms with Gasteiger partial charge in [0, 0.05) is 32.4 Å². The van der Waals surface area contributed by atoms with E-state index in [9.17, 15) is 4.79 Å². The zero-order valence-electron chi connectivity index (χ0n) is 14.2. The lowest BCUT2D eigenvalue weighted by molar-refractivity contribution is -0.137. The molecule has 2 aliphatic heterocycles. The highest BCUT2D eigenvalue weighted by molar-refractivity contribution is 5.79. The van der Waals surface area contributed by atoms with Gasteiger partial charge in [0.1, 0.15) is 5.82 Å². The van der Waals surface area contributed by atoms with Crippen molar-refractivity contribution in [1.29, 1.82) is 0 Å². The standard InChI is InChI=1S/C18H28N4O/c1-15-19-9-8-17(20-15)14-21-10-6-7-16(13-21)18(23)22-11-4-2-3-5-12-22/h8-9,16H,2-7,10-14H2,1H3. The minimum atomic E-state index is 0.171. The average molecular weight is 316 g/mol. The lowest BCUT2D eigenvalue weighted by Crippen LogP contribution is -2.45. The molecule has 5 nitrogen and oxygen atoms in total. The topological polar surface area (TPSA) is 49.3 Å². The maximum absolute atomic E-state index is 12.8. The Morgan fingerprint density at radius 3 is 2.70 bits per heavy atom. The molecule has 2 aliphatic rings. The van der Waals surface area contributed by atoms with E-state index in [1.165, 1.54) is 25.7 Å². The van der Waals surface area contributed by atoms with Crippen LogP contribution in [-0.2, 0) is 11.3 Å². The molecule has 0 bridgehead atoms. The molecule has 1 aromatic heterocycles. The van der Waals surface area contributed by atoms with Gasteiger partial charge in [-0.3, -0.25) is 9.69 Å². The molecular formula is C18H28N4O. The van der Waals surface area contributed by atoms with Gasteiger partial charge in [0.15, 0.2) is 0 Å². The molecule has 1 unspecified atom stereocenters. The molecule has 3 rings (SSSR count). The maximum atomic E-state index is 12.8. The van der Waals surface area contributed by atoms with E-state index < -0.39 is 0 Å². The Balaban J connectivity index is 1.57. The predicted molar refractivity (Wildman–Crippen MR) is 89.8 cm³/mol. The highest BCUT2D eigenvalue weighted by Gasteiger charge is 2.29. The average Bonchev–Trinajstić information content (AvgIpc) is 2.84. The van der Waals surface area contributed by atoms with Crippen molar-refractivity contribution in [2.24, 2.45) is 5.92 Å². The summed E-state index contributed by atoms with van der Waals surface area (Å²) in [5, 5.41) is 0. The lowest BCUT2D eigenvalue weighted by Gasteiger charge is -2.34. The number of likely N-dealkylation sites (tertiary alicyclic amines) is 2. The summed E-state index contributed by atoms with van der Waals surface area (Å²) in [6.45, 7) is 6.60. The molecule has 3 heterocycles. The molecule has 23 heavy (non-hydrogen) atoms. The zero-order chi connectivity index (χ0) is 16.1. The molecule has 0 radical (unpaired) electrons. The smallest absolute Gasteiger partial charge is 0.226 e. The van der Waals surface area contributed by atoms with Gasteiger partial charge in [0.2, 0.25) is 5.91 Å². The van der Waals surface area contributed by atoms with Gasteiger partial charge < -0.3 is 4.90 Å². The van der Waals surface area contributed by atoms with Crippen LogP contribution >= 0.6 is 0 Å². The molecule has 1 amide bonds. The molecular weight excluding hydrogens is 288 g/mol. The zero-order valence-corrected chi connectivity index (χ0v) is 14.2. The van der Waals surface area contributed by atoms with Gasteiger partial charge in [-0.05, 0) is 45.2 Å². The molecule has 0 saturated carbocycles. The first-order valence-electron chi connectivity index (χ1n) is 9.02. The quantitative estimate of drug-likeness (QED) is 0.859. The largest absolute Gasteiger partial charge is 0.342 e. The first kappa shape index (κ1) is 16.4. The number of hydrogen-bond acceptors (Lipinski definition) is 4. The molecule has 126 valence electrons. The molecule has 1 aromatic rings. The van der Waals surface area contributed by atoms with Crippen molar-refractivity contribution in [2.45, 2.75) is 52.0 Å². The number of aromatic nitrogens is 2. The highest BCUT2D eigenvalue weighted by atomic mass is 16.2. The normalized spacial score (nSPS) is 23.5. The van der Waals surface area contributed by atoms with Crippen LogP contribution in [0.4, 0.5) is 0 Å². The summed E-state index contributed by atoms with van der Waals surface area (Å²) in [5.41, 5.74) is 1.06. The Labute approximate surface area is 139 Å². The van der Waals surface area contributed by atoms with Gasteiger partial charge in [-0.25, -0.2) is 9.97 Å². The van der Waals surface area contributed by atoms with Crippen molar-refractivity contribution in [1.82, 2.24) is 19.8 Å². The monoisotopic (exact) mass is 316 g/mol. The second kappa shape index (κ2) is 7.86. The third-order valence-electron chi connectivity index (χ3n) is 4.99. The van der Waals surface area contributed by atoms with E-state index in [-0.39, 0.29) is 5.92 Å². The first-order valence-corrected chi connectivity index (χ1v) is 9.02. The summed E-state index contributed by atoms with van der Waals surface area (Å²) in [5.74, 6) is 1.37. The van der Waals surface area contributed by atoms with E-state index in [0.717, 1.165) is 57.1 Å². The fourth-order valence-electron chi connectivity index (χ4n) is 3.77. The summed E-state index contributed by atoms with van der Waals surface area (Å²) in [6.07, 6.45) is 8.84. The van der Waals surface area contributed by atoms with Crippen LogP contribution in [0, 0.1) is 12.8 Å². The number of hydrogen-bond donors (Lipinski definition) is 0. The molecule has 5 heteroatoms. The number of amides is 1. The summed E-state index contributed by atoms with van der Waals surface area (Å²) in [7, 11) is 0. The summed E-state index contributed by atoms with van der Waals surface area (Å²) < 4.78 is 0. The van der Waals surface area contributed by atoms with Gasteiger partial charge in [0.25, 0.3) is 0 Å². The second-order valence-electron chi connectivity index (χ2n) is 6.91. The molecule has 2 saturated heterocycles. The van der Waals surface area contributed by atoms with E-state index in [4.69, 9.17) is 0 Å². The fourth-order valence-corrected chi connectivity index (χ4v) is 3.77. The SMILES string of the molecule is Cc1nccc(CN2CCCC(C(=O)N3CCCCCC3)C2)n1. The van der Waals surface area contributed by atoms with Crippen LogP contribution in [0.3, 0.4) is 0 Å². The third-order valence-corrected chi connectivity index (χ3v) is 4.99. The predicted octanol–water partition coefficient (Wildman–Crippen LogP) is 2.40. The number of nitrogens with zero attached hydrogens (tertiary/aromatic N) is 4. The van der Waals surface area contributed by atoms with E-state index in [2.05, 4.69) is 19.8 Å².